The number of fused-ring (bicyclic) bond motifs is 1. The van der Waals surface area contributed by atoms with E-state index in [0.717, 1.165) is 18.8 Å². The first-order valence-corrected chi connectivity index (χ1v) is 6.15. The zero-order chi connectivity index (χ0) is 12.3. The molecule has 0 fully saturated rings. The van der Waals surface area contributed by atoms with Gasteiger partial charge in [0.25, 0.3) is 0 Å². The van der Waals surface area contributed by atoms with Crippen LogP contribution in [0.1, 0.15) is 13.8 Å². The van der Waals surface area contributed by atoms with Gasteiger partial charge in [0.05, 0.1) is 13.1 Å². The van der Waals surface area contributed by atoms with Crippen LogP contribution in [0.4, 0.5) is 0 Å². The summed E-state index contributed by atoms with van der Waals surface area (Å²) in [7, 11) is 0. The quantitative estimate of drug-likeness (QED) is 0.700. The van der Waals surface area contributed by atoms with Crippen molar-refractivity contribution in [2.24, 2.45) is 5.73 Å². The van der Waals surface area contributed by atoms with Crippen LogP contribution in [0.15, 0.2) is 24.5 Å². The highest BCUT2D eigenvalue weighted by Crippen LogP contribution is 2.19. The fraction of sp³-hybridized carbons (Fsp3) is 0.462. The molecular weight excluding hydrogens is 285 g/mol. The van der Waals surface area contributed by atoms with E-state index in [1.807, 2.05) is 6.07 Å². The molecule has 2 N–H and O–H groups in total. The van der Waals surface area contributed by atoms with Gasteiger partial charge in [-0.25, -0.2) is 9.13 Å². The van der Waals surface area contributed by atoms with E-state index in [9.17, 15) is 0 Å². The molecule has 2 rings (SSSR count). The van der Waals surface area contributed by atoms with Crippen molar-refractivity contribution < 1.29 is 21.7 Å². The molecule has 19 heavy (non-hydrogen) atoms. The molecule has 0 aliphatic carbocycles. The number of imidazole rings is 1. The molecule has 6 heteroatoms. The van der Waals surface area contributed by atoms with E-state index in [2.05, 4.69) is 41.4 Å². The van der Waals surface area contributed by atoms with Crippen LogP contribution in [-0.4, -0.2) is 17.7 Å². The van der Waals surface area contributed by atoms with Gasteiger partial charge in [-0.1, -0.05) is 0 Å². The topological polar surface area (TPSA) is 44.1 Å². The van der Waals surface area contributed by atoms with Gasteiger partial charge in [0.1, 0.15) is 12.4 Å². The molecule has 1 heterocycles. The lowest BCUT2D eigenvalue weighted by Gasteiger charge is -2.03. The highest BCUT2D eigenvalue weighted by atomic mass is 35.5. The molecule has 0 atom stereocenters. The second-order valence-corrected chi connectivity index (χ2v) is 3.98. The summed E-state index contributed by atoms with van der Waals surface area (Å²) in [6.45, 7) is 7.34. The van der Waals surface area contributed by atoms with Crippen LogP contribution in [0.2, 0.25) is 0 Å². The Morgan fingerprint density at radius 1 is 1.32 bits per heavy atom. The second kappa shape index (κ2) is 8.25. The third kappa shape index (κ3) is 3.75. The van der Waals surface area contributed by atoms with E-state index in [4.69, 9.17) is 10.5 Å². The Labute approximate surface area is 126 Å². The molecule has 108 valence electrons. The molecule has 1 aromatic heterocycles. The summed E-state index contributed by atoms with van der Waals surface area (Å²) >= 11 is 0. The molecule has 0 spiro atoms. The zero-order valence-electron chi connectivity index (χ0n) is 11.3. The van der Waals surface area contributed by atoms with Crippen LogP contribution in [0, 0.1) is 0 Å². The molecule has 0 aliphatic rings. The summed E-state index contributed by atoms with van der Waals surface area (Å²) in [4.78, 5) is 0. The predicted molar refractivity (Wildman–Crippen MR) is 75.3 cm³/mol. The van der Waals surface area contributed by atoms with Gasteiger partial charge in [-0.2, -0.15) is 0 Å². The molecule has 0 unspecified atom stereocenters. The van der Waals surface area contributed by atoms with E-state index in [-0.39, 0.29) is 24.8 Å². The number of aromatic nitrogens is 2. The highest BCUT2D eigenvalue weighted by Gasteiger charge is 2.14. The number of nitrogens with zero attached hydrogens (tertiary/aromatic N) is 2. The lowest BCUT2D eigenvalue weighted by atomic mass is 10.3. The van der Waals surface area contributed by atoms with Gasteiger partial charge in [0.15, 0.2) is 11.0 Å². The van der Waals surface area contributed by atoms with E-state index < -0.39 is 0 Å². The van der Waals surface area contributed by atoms with Crippen molar-refractivity contribution in [2.75, 3.05) is 13.2 Å². The number of hydrogen-bond acceptors (Lipinski definition) is 2. The lowest BCUT2D eigenvalue weighted by Crippen LogP contribution is -3.00. The molecule has 0 aliphatic heterocycles. The second-order valence-electron chi connectivity index (χ2n) is 3.98. The molecule has 0 saturated carbocycles. The minimum atomic E-state index is 0. The fourth-order valence-corrected chi connectivity index (χ4v) is 2.04. The third-order valence-electron chi connectivity index (χ3n) is 2.91. The lowest BCUT2D eigenvalue weighted by molar-refractivity contribution is -0.668. The fourth-order valence-electron chi connectivity index (χ4n) is 2.04. The van der Waals surface area contributed by atoms with Crippen LogP contribution < -0.4 is 27.4 Å². The summed E-state index contributed by atoms with van der Waals surface area (Å²) in [6, 6.07) is 6.20. The van der Waals surface area contributed by atoms with Crippen molar-refractivity contribution >= 4 is 23.4 Å². The Morgan fingerprint density at radius 2 is 2.05 bits per heavy atom. The number of ether oxygens (including phenoxy) is 1. The van der Waals surface area contributed by atoms with Crippen molar-refractivity contribution in [1.82, 2.24) is 4.57 Å². The number of rotatable bonds is 5. The first-order valence-electron chi connectivity index (χ1n) is 6.15. The minimum Gasteiger partial charge on any atom is -1.00 e. The average molecular weight is 306 g/mol. The van der Waals surface area contributed by atoms with Crippen molar-refractivity contribution in [1.29, 1.82) is 0 Å². The largest absolute Gasteiger partial charge is 1.00 e. The standard InChI is InChI=1S/C13H20N3O.2ClH/c1-3-15-10-16(4-2)13-9-11(17-8-7-14)5-6-12(13)15;;/h5-6,9-10H,3-4,7-8,14H2,1-2H3;2*1H/q+1;;/p-1. The van der Waals surface area contributed by atoms with Crippen LogP contribution in [-0.2, 0) is 13.1 Å². The van der Waals surface area contributed by atoms with Crippen LogP contribution in [0.5, 0.6) is 5.75 Å². The SMILES string of the molecule is CCn1c[n+](CC)c2ccc(OCCN)cc21.Cl.[Cl-]. The number of aryl methyl sites for hydroxylation is 2. The Hall–Kier alpha value is -0.970. The summed E-state index contributed by atoms with van der Waals surface area (Å²) in [6.07, 6.45) is 2.15. The number of hydrogen-bond donors (Lipinski definition) is 1. The third-order valence-corrected chi connectivity index (χ3v) is 2.91. The minimum absolute atomic E-state index is 0. The first-order chi connectivity index (χ1) is 8.30. The molecule has 1 aromatic carbocycles. The number of nitrogens with two attached hydrogens (primary N) is 1. The predicted octanol–water partition coefficient (Wildman–Crippen LogP) is -1.27. The maximum Gasteiger partial charge on any atom is 0.244 e. The van der Waals surface area contributed by atoms with E-state index in [1.54, 1.807) is 0 Å². The number of halogens is 2. The van der Waals surface area contributed by atoms with E-state index >= 15 is 0 Å². The monoisotopic (exact) mass is 305 g/mol. The van der Waals surface area contributed by atoms with Gasteiger partial charge in [0.2, 0.25) is 6.33 Å². The average Bonchev–Trinajstić information content (AvgIpc) is 2.73. The van der Waals surface area contributed by atoms with Gasteiger partial charge in [-0.05, 0) is 26.0 Å². The molecule has 2 aromatic rings. The maximum absolute atomic E-state index is 5.56. The maximum atomic E-state index is 5.56. The van der Waals surface area contributed by atoms with Crippen molar-refractivity contribution in [2.45, 2.75) is 26.9 Å². The molecule has 0 saturated heterocycles. The highest BCUT2D eigenvalue weighted by molar-refractivity contribution is 5.85. The summed E-state index contributed by atoms with van der Waals surface area (Å²) in [5, 5.41) is 0. The van der Waals surface area contributed by atoms with Gasteiger partial charge in [0, 0.05) is 12.6 Å². The Balaban J connectivity index is 0.00000162. The van der Waals surface area contributed by atoms with Crippen LogP contribution in [0.25, 0.3) is 11.0 Å². The van der Waals surface area contributed by atoms with Crippen molar-refractivity contribution in [3.8, 4) is 5.75 Å². The summed E-state index contributed by atoms with van der Waals surface area (Å²) in [5.41, 5.74) is 7.89. The summed E-state index contributed by atoms with van der Waals surface area (Å²) in [5.74, 6) is 0.888. The van der Waals surface area contributed by atoms with Crippen LogP contribution in [0.3, 0.4) is 0 Å². The molecule has 0 amide bonds. The van der Waals surface area contributed by atoms with Gasteiger partial charge in [-0.15, -0.1) is 12.4 Å². The smallest absolute Gasteiger partial charge is 0.244 e. The molecular formula is C13H21Cl2N3O. The van der Waals surface area contributed by atoms with E-state index in [0.29, 0.717) is 13.2 Å². The van der Waals surface area contributed by atoms with Crippen LogP contribution >= 0.6 is 12.4 Å². The normalized spacial score (nSPS) is 9.84. The molecule has 0 radical (unpaired) electrons. The zero-order valence-corrected chi connectivity index (χ0v) is 12.9. The Morgan fingerprint density at radius 3 is 2.63 bits per heavy atom. The number of benzene rings is 1. The van der Waals surface area contributed by atoms with Crippen molar-refractivity contribution in [3.63, 3.8) is 0 Å². The van der Waals surface area contributed by atoms with Gasteiger partial charge < -0.3 is 22.9 Å². The Bertz CT molecular complexity index is 514. The first kappa shape index (κ1) is 18.0. The van der Waals surface area contributed by atoms with Gasteiger partial charge >= 0.3 is 0 Å². The van der Waals surface area contributed by atoms with Gasteiger partial charge in [-0.3, -0.25) is 0 Å². The molecule has 0 bridgehead atoms. The summed E-state index contributed by atoms with van der Waals surface area (Å²) < 4.78 is 10.0. The van der Waals surface area contributed by atoms with Crippen molar-refractivity contribution in [3.05, 3.63) is 24.5 Å². The molecule has 4 nitrogen and oxygen atoms in total. The van der Waals surface area contributed by atoms with E-state index in [1.165, 1.54) is 11.0 Å². The Kier molecular flexibility index (Phi) is 7.83.